The highest BCUT2D eigenvalue weighted by Crippen LogP contribution is 2.15. The zero-order valence-corrected chi connectivity index (χ0v) is 18.0. The molecule has 2 aromatic rings. The number of nitrogens with zero attached hydrogens (tertiary/aromatic N) is 3. The van der Waals surface area contributed by atoms with Gasteiger partial charge in [0.2, 0.25) is 0 Å². The van der Waals surface area contributed by atoms with Gasteiger partial charge in [0, 0.05) is 51.4 Å². The van der Waals surface area contributed by atoms with Crippen LogP contribution >= 0.6 is 0 Å². The maximum atomic E-state index is 13.3. The van der Waals surface area contributed by atoms with Gasteiger partial charge in [0.15, 0.2) is 0 Å². The molecule has 3 heterocycles. The van der Waals surface area contributed by atoms with Crippen LogP contribution in [0.1, 0.15) is 20.7 Å². The van der Waals surface area contributed by atoms with Crippen LogP contribution in [0.2, 0.25) is 0 Å². The largest absolute Gasteiger partial charge is 0.472 e. The summed E-state index contributed by atoms with van der Waals surface area (Å²) < 4.78 is 29.7. The number of furan rings is 1. The highest BCUT2D eigenvalue weighted by Gasteiger charge is 2.29. The number of rotatable bonds is 7. The SMILES string of the molecule is O=C(c1ccoc1)N1CCOC(CN(CCN2CCOCC2)C(=O)c2ccc(F)cc2)C1. The van der Waals surface area contributed by atoms with Crippen LogP contribution in [0.25, 0.3) is 0 Å². The second-order valence-corrected chi connectivity index (χ2v) is 7.97. The Labute approximate surface area is 186 Å². The third kappa shape index (κ3) is 5.73. The Morgan fingerprint density at radius 1 is 1.03 bits per heavy atom. The number of carbonyl (C=O) groups excluding carboxylic acids is 2. The second kappa shape index (κ2) is 10.7. The predicted octanol–water partition coefficient (Wildman–Crippen LogP) is 1.73. The molecule has 2 amide bonds. The standard InChI is InChI=1S/C23H28FN3O5/c24-20-3-1-18(2-4-20)22(28)26(7-6-25-8-12-30-13-9-25)15-21-16-27(10-14-32-21)23(29)19-5-11-31-17-19/h1-5,11,17,21H,6-10,12-16H2. The van der Waals surface area contributed by atoms with Gasteiger partial charge in [-0.2, -0.15) is 0 Å². The average Bonchev–Trinajstić information content (AvgIpc) is 3.37. The topological polar surface area (TPSA) is 75.5 Å². The second-order valence-electron chi connectivity index (χ2n) is 7.97. The Balaban J connectivity index is 1.42. The Hall–Kier alpha value is -2.75. The Morgan fingerprint density at radius 3 is 2.53 bits per heavy atom. The molecule has 2 aliphatic heterocycles. The molecule has 8 nitrogen and oxygen atoms in total. The molecule has 0 spiro atoms. The van der Waals surface area contributed by atoms with Crippen LogP contribution in [0.4, 0.5) is 4.39 Å². The van der Waals surface area contributed by atoms with Gasteiger partial charge in [0.25, 0.3) is 11.8 Å². The number of ether oxygens (including phenoxy) is 2. The molecule has 1 unspecified atom stereocenters. The average molecular weight is 445 g/mol. The molecule has 2 aliphatic rings. The smallest absolute Gasteiger partial charge is 0.257 e. The van der Waals surface area contributed by atoms with Gasteiger partial charge in [-0.3, -0.25) is 14.5 Å². The molecule has 0 bridgehead atoms. The van der Waals surface area contributed by atoms with E-state index in [1.54, 1.807) is 15.9 Å². The summed E-state index contributed by atoms with van der Waals surface area (Å²) in [6.45, 7) is 5.84. The minimum Gasteiger partial charge on any atom is -0.472 e. The van der Waals surface area contributed by atoms with Crippen molar-refractivity contribution in [3.8, 4) is 0 Å². The highest BCUT2D eigenvalue weighted by atomic mass is 19.1. The van der Waals surface area contributed by atoms with Crippen LogP contribution in [0.5, 0.6) is 0 Å². The van der Waals surface area contributed by atoms with Gasteiger partial charge in [0.1, 0.15) is 12.1 Å². The lowest BCUT2D eigenvalue weighted by Gasteiger charge is -2.36. The van der Waals surface area contributed by atoms with Gasteiger partial charge >= 0.3 is 0 Å². The maximum Gasteiger partial charge on any atom is 0.257 e. The van der Waals surface area contributed by atoms with Gasteiger partial charge in [-0.25, -0.2) is 4.39 Å². The van der Waals surface area contributed by atoms with E-state index in [-0.39, 0.29) is 23.7 Å². The molecule has 1 aromatic carbocycles. The summed E-state index contributed by atoms with van der Waals surface area (Å²) in [6.07, 6.45) is 2.59. The fraction of sp³-hybridized carbons (Fsp3) is 0.478. The molecule has 4 rings (SSSR count). The molecule has 32 heavy (non-hydrogen) atoms. The van der Waals surface area contributed by atoms with Crippen molar-refractivity contribution in [2.45, 2.75) is 6.10 Å². The lowest BCUT2D eigenvalue weighted by molar-refractivity contribution is -0.0347. The summed E-state index contributed by atoms with van der Waals surface area (Å²) in [7, 11) is 0. The number of hydrogen-bond donors (Lipinski definition) is 0. The first-order valence-electron chi connectivity index (χ1n) is 10.9. The Kier molecular flexibility index (Phi) is 7.51. The quantitative estimate of drug-likeness (QED) is 0.646. The van der Waals surface area contributed by atoms with E-state index < -0.39 is 0 Å². The van der Waals surface area contributed by atoms with Crippen molar-refractivity contribution >= 4 is 11.8 Å². The lowest BCUT2D eigenvalue weighted by atomic mass is 10.1. The van der Waals surface area contributed by atoms with E-state index in [0.29, 0.717) is 63.7 Å². The third-order valence-corrected chi connectivity index (χ3v) is 5.79. The summed E-state index contributed by atoms with van der Waals surface area (Å²) in [5, 5.41) is 0. The fourth-order valence-corrected chi connectivity index (χ4v) is 3.97. The van der Waals surface area contributed by atoms with Crippen molar-refractivity contribution in [2.75, 3.05) is 65.6 Å². The van der Waals surface area contributed by atoms with Crippen LogP contribution in [0, 0.1) is 5.82 Å². The van der Waals surface area contributed by atoms with E-state index in [0.717, 1.165) is 13.1 Å². The molecular weight excluding hydrogens is 417 g/mol. The van der Waals surface area contributed by atoms with Crippen molar-refractivity contribution in [1.29, 1.82) is 0 Å². The van der Waals surface area contributed by atoms with E-state index in [9.17, 15) is 14.0 Å². The molecule has 0 radical (unpaired) electrons. The van der Waals surface area contributed by atoms with Gasteiger partial charge < -0.3 is 23.7 Å². The number of amides is 2. The first-order chi connectivity index (χ1) is 15.6. The van der Waals surface area contributed by atoms with E-state index in [4.69, 9.17) is 13.9 Å². The first kappa shape index (κ1) is 22.4. The summed E-state index contributed by atoms with van der Waals surface area (Å²) in [5.41, 5.74) is 0.924. The van der Waals surface area contributed by atoms with Crippen LogP contribution < -0.4 is 0 Å². The van der Waals surface area contributed by atoms with Gasteiger partial charge in [-0.1, -0.05) is 0 Å². The molecule has 0 saturated carbocycles. The number of carbonyl (C=O) groups is 2. The van der Waals surface area contributed by atoms with Crippen molar-refractivity contribution in [3.63, 3.8) is 0 Å². The van der Waals surface area contributed by atoms with Crippen molar-refractivity contribution in [2.24, 2.45) is 0 Å². The fourth-order valence-electron chi connectivity index (χ4n) is 3.97. The van der Waals surface area contributed by atoms with Gasteiger partial charge in [0.05, 0.1) is 37.8 Å². The third-order valence-electron chi connectivity index (χ3n) is 5.79. The van der Waals surface area contributed by atoms with Crippen LogP contribution in [0.3, 0.4) is 0 Å². The summed E-state index contributed by atoms with van der Waals surface area (Å²) in [4.78, 5) is 31.6. The molecule has 1 atom stereocenters. The number of benzene rings is 1. The van der Waals surface area contributed by atoms with Crippen LogP contribution in [-0.2, 0) is 9.47 Å². The number of hydrogen-bond acceptors (Lipinski definition) is 6. The van der Waals surface area contributed by atoms with E-state index >= 15 is 0 Å². The maximum absolute atomic E-state index is 13.3. The lowest BCUT2D eigenvalue weighted by Crippen LogP contribution is -2.52. The number of halogens is 1. The minimum absolute atomic E-state index is 0.114. The van der Waals surface area contributed by atoms with Crippen molar-refractivity contribution in [3.05, 3.63) is 59.8 Å². The molecule has 0 N–H and O–H groups in total. The Bertz CT molecular complexity index is 884. The summed E-state index contributed by atoms with van der Waals surface area (Å²) in [6, 6.07) is 7.21. The molecule has 1 aromatic heterocycles. The molecule has 9 heteroatoms. The van der Waals surface area contributed by atoms with E-state index in [1.807, 2.05) is 0 Å². The normalized spacial score (nSPS) is 19.7. The van der Waals surface area contributed by atoms with E-state index in [2.05, 4.69) is 4.90 Å². The molecular formula is C23H28FN3O5. The number of morpholine rings is 2. The molecule has 2 fully saturated rings. The van der Waals surface area contributed by atoms with Gasteiger partial charge in [-0.15, -0.1) is 0 Å². The highest BCUT2D eigenvalue weighted by molar-refractivity contribution is 5.94. The van der Waals surface area contributed by atoms with E-state index in [1.165, 1.54) is 36.8 Å². The predicted molar refractivity (Wildman–Crippen MR) is 114 cm³/mol. The molecule has 2 saturated heterocycles. The zero-order valence-electron chi connectivity index (χ0n) is 18.0. The van der Waals surface area contributed by atoms with Crippen LogP contribution in [0.15, 0.2) is 47.3 Å². The molecule has 0 aliphatic carbocycles. The van der Waals surface area contributed by atoms with Crippen molar-refractivity contribution in [1.82, 2.24) is 14.7 Å². The monoisotopic (exact) mass is 445 g/mol. The van der Waals surface area contributed by atoms with Gasteiger partial charge in [-0.05, 0) is 30.3 Å². The first-order valence-corrected chi connectivity index (χ1v) is 10.9. The minimum atomic E-state index is -0.384. The summed E-state index contributed by atoms with van der Waals surface area (Å²) >= 11 is 0. The van der Waals surface area contributed by atoms with Crippen molar-refractivity contribution < 1.29 is 27.9 Å². The Morgan fingerprint density at radius 2 is 1.81 bits per heavy atom. The summed E-state index contributed by atoms with van der Waals surface area (Å²) in [5.74, 6) is -0.678. The molecule has 172 valence electrons. The van der Waals surface area contributed by atoms with Crippen LogP contribution in [-0.4, -0.2) is 98.3 Å². The zero-order chi connectivity index (χ0) is 22.3.